The Kier molecular flexibility index (Phi) is 2.98. The first kappa shape index (κ1) is 11.6. The molecule has 0 aliphatic heterocycles. The summed E-state index contributed by atoms with van der Waals surface area (Å²) in [7, 11) is -2.73. The predicted molar refractivity (Wildman–Crippen MR) is 59.7 cm³/mol. The fourth-order valence-corrected chi connectivity index (χ4v) is 2.84. The molecule has 14 heavy (non-hydrogen) atoms. The Balaban J connectivity index is 3.20. The quantitative estimate of drug-likeness (QED) is 0.754. The third kappa shape index (κ3) is 1.96. The van der Waals surface area contributed by atoms with Crippen LogP contribution in [0.2, 0.25) is 0 Å². The molecule has 0 unspecified atom stereocenters. The van der Waals surface area contributed by atoms with Gasteiger partial charge in [-0.2, -0.15) is 0 Å². The second kappa shape index (κ2) is 3.59. The molecule has 0 bridgehead atoms. The summed E-state index contributed by atoms with van der Waals surface area (Å²) in [5.74, 6) is 0. The Morgan fingerprint density at radius 2 is 1.71 bits per heavy atom. The van der Waals surface area contributed by atoms with Crippen LogP contribution < -0.4 is 5.30 Å². The molecule has 0 amide bonds. The maximum absolute atomic E-state index is 10.1. The normalized spacial score (nSPS) is 14.8. The van der Waals surface area contributed by atoms with Gasteiger partial charge >= 0.3 is 83.8 Å². The van der Waals surface area contributed by atoms with Gasteiger partial charge in [0.15, 0.2) is 0 Å². The van der Waals surface area contributed by atoms with Crippen molar-refractivity contribution in [2.75, 3.05) is 13.3 Å². The molecule has 3 nitrogen and oxygen atoms in total. The van der Waals surface area contributed by atoms with E-state index >= 15 is 0 Å². The van der Waals surface area contributed by atoms with Crippen LogP contribution in [0.4, 0.5) is 0 Å². The zero-order chi connectivity index (χ0) is 10.8. The molecule has 2 N–H and O–H groups in total. The van der Waals surface area contributed by atoms with Gasteiger partial charge in [0, 0.05) is 0 Å². The third-order valence-electron chi connectivity index (χ3n) is 2.51. The summed E-state index contributed by atoms with van der Waals surface area (Å²) in [4.78, 5) is 20.2. The van der Waals surface area contributed by atoms with Gasteiger partial charge < -0.3 is 0 Å². The van der Waals surface area contributed by atoms with Crippen LogP contribution in [-0.2, 0) is 4.52 Å². The first-order valence-corrected chi connectivity index (χ1v) is 6.80. The van der Waals surface area contributed by atoms with E-state index in [1.807, 2.05) is 19.1 Å². The van der Waals surface area contributed by atoms with E-state index in [0.29, 0.717) is 5.30 Å². The van der Waals surface area contributed by atoms with Gasteiger partial charge in [-0.3, -0.25) is 0 Å². The van der Waals surface area contributed by atoms with Crippen LogP contribution >= 0.6 is 7.28 Å². The van der Waals surface area contributed by atoms with Crippen molar-refractivity contribution in [3.63, 3.8) is 0 Å². The molecule has 1 aromatic carbocycles. The van der Waals surface area contributed by atoms with E-state index in [-0.39, 0.29) is 6.16 Å². The molecular weight excluding hydrogens is 199 g/mol. The fraction of sp³-hybridized carbons (Fsp3) is 0.400. The summed E-state index contributed by atoms with van der Waals surface area (Å²) >= 11 is 0. The Morgan fingerprint density at radius 1 is 1.21 bits per heavy atom. The third-order valence-corrected chi connectivity index (χ3v) is 5.75. The molecule has 80 valence electrons. The van der Waals surface area contributed by atoms with Crippen molar-refractivity contribution in [2.24, 2.45) is 0 Å². The minimum atomic E-state index is -4.07. The van der Waals surface area contributed by atoms with Crippen LogP contribution in [0.3, 0.4) is 0 Å². The standard InChI is InChI=1S/C10H17O3P/c1-4-14(11,12,13-3)10-7-5-9(2)6-8-10/h5-8,11-12H,4H2,1-3H3. The van der Waals surface area contributed by atoms with Crippen LogP contribution in [0.15, 0.2) is 24.3 Å². The van der Waals surface area contributed by atoms with Crippen LogP contribution in [0, 0.1) is 6.92 Å². The van der Waals surface area contributed by atoms with E-state index in [4.69, 9.17) is 4.52 Å². The van der Waals surface area contributed by atoms with E-state index < -0.39 is 7.28 Å². The van der Waals surface area contributed by atoms with Crippen molar-refractivity contribution in [1.29, 1.82) is 0 Å². The molecular formula is C10H17O3P. The van der Waals surface area contributed by atoms with Crippen LogP contribution in [0.5, 0.6) is 0 Å². The van der Waals surface area contributed by atoms with E-state index in [1.54, 1.807) is 19.1 Å². The molecule has 0 spiro atoms. The molecule has 1 aromatic rings. The molecule has 0 atom stereocenters. The van der Waals surface area contributed by atoms with Gasteiger partial charge in [0.05, 0.1) is 0 Å². The molecule has 0 aromatic heterocycles. The van der Waals surface area contributed by atoms with Crippen molar-refractivity contribution in [3.05, 3.63) is 29.8 Å². The molecule has 0 heterocycles. The van der Waals surface area contributed by atoms with Gasteiger partial charge in [-0.1, -0.05) is 0 Å². The van der Waals surface area contributed by atoms with Crippen molar-refractivity contribution < 1.29 is 14.3 Å². The molecule has 1 rings (SSSR count). The number of benzene rings is 1. The van der Waals surface area contributed by atoms with E-state index in [2.05, 4.69) is 0 Å². The summed E-state index contributed by atoms with van der Waals surface area (Å²) in [6.45, 7) is 3.66. The molecule has 0 radical (unpaired) electrons. The Morgan fingerprint density at radius 3 is 2.07 bits per heavy atom. The van der Waals surface area contributed by atoms with Gasteiger partial charge in [0.2, 0.25) is 0 Å². The van der Waals surface area contributed by atoms with Crippen molar-refractivity contribution in [1.82, 2.24) is 0 Å². The maximum atomic E-state index is 10.1. The van der Waals surface area contributed by atoms with Crippen molar-refractivity contribution >= 4 is 12.6 Å². The van der Waals surface area contributed by atoms with Crippen LogP contribution in [-0.4, -0.2) is 23.1 Å². The summed E-state index contributed by atoms with van der Waals surface area (Å²) in [5.41, 5.74) is 1.08. The second-order valence-corrected chi connectivity index (χ2v) is 7.19. The molecule has 0 aliphatic rings. The average molecular weight is 216 g/mol. The van der Waals surface area contributed by atoms with Gasteiger partial charge in [0.25, 0.3) is 0 Å². The average Bonchev–Trinajstić information content (AvgIpc) is 2.19. The number of hydrogen-bond acceptors (Lipinski definition) is 3. The van der Waals surface area contributed by atoms with Crippen molar-refractivity contribution in [3.8, 4) is 0 Å². The number of aryl methyl sites for hydroxylation is 1. The topological polar surface area (TPSA) is 49.7 Å². The predicted octanol–water partition coefficient (Wildman–Crippen LogP) is 1.57. The van der Waals surface area contributed by atoms with Gasteiger partial charge in [-0.15, -0.1) is 0 Å². The van der Waals surface area contributed by atoms with Crippen molar-refractivity contribution in [2.45, 2.75) is 13.8 Å². The first-order chi connectivity index (χ1) is 6.41. The molecule has 0 saturated heterocycles. The van der Waals surface area contributed by atoms with E-state index in [1.165, 1.54) is 7.11 Å². The monoisotopic (exact) mass is 216 g/mol. The molecule has 4 heteroatoms. The van der Waals surface area contributed by atoms with Gasteiger partial charge in [-0.05, 0) is 0 Å². The second-order valence-electron chi connectivity index (χ2n) is 3.45. The zero-order valence-corrected chi connectivity index (χ0v) is 9.66. The SMILES string of the molecule is CCP(O)(O)(OC)c1ccc(C)cc1. The zero-order valence-electron chi connectivity index (χ0n) is 8.77. The summed E-state index contributed by atoms with van der Waals surface area (Å²) < 4.78 is 4.94. The van der Waals surface area contributed by atoms with Gasteiger partial charge in [0.1, 0.15) is 0 Å². The molecule has 0 fully saturated rings. The Bertz CT molecular complexity index is 311. The van der Waals surface area contributed by atoms with E-state index in [9.17, 15) is 9.79 Å². The number of hydrogen-bond donors (Lipinski definition) is 2. The summed E-state index contributed by atoms with van der Waals surface area (Å²) in [6.07, 6.45) is 0.200. The molecule has 0 aliphatic carbocycles. The molecule has 0 saturated carbocycles. The summed E-state index contributed by atoms with van der Waals surface area (Å²) in [5, 5.41) is 0.478. The summed E-state index contributed by atoms with van der Waals surface area (Å²) in [6, 6.07) is 7.11. The minimum absolute atomic E-state index is 0.200. The van der Waals surface area contributed by atoms with Gasteiger partial charge in [-0.25, -0.2) is 0 Å². The number of rotatable bonds is 3. The first-order valence-electron chi connectivity index (χ1n) is 4.56. The Labute approximate surface area is 84.5 Å². The fourth-order valence-electron chi connectivity index (χ4n) is 1.26. The Hall–Kier alpha value is -0.470. The van der Waals surface area contributed by atoms with Crippen LogP contribution in [0.1, 0.15) is 12.5 Å². The van der Waals surface area contributed by atoms with Crippen LogP contribution in [0.25, 0.3) is 0 Å². The van der Waals surface area contributed by atoms with E-state index in [0.717, 1.165) is 5.56 Å².